The van der Waals surface area contributed by atoms with Gasteiger partial charge in [0.15, 0.2) is 12.4 Å². The first kappa shape index (κ1) is 74.2. The number of hydrogen-bond acceptors (Lipinski definition) is 8. The van der Waals surface area contributed by atoms with Crippen LogP contribution in [-0.4, -0.2) is 82.3 Å². The Morgan fingerprint density at radius 3 is 1.09 bits per heavy atom. The van der Waals surface area contributed by atoms with Crippen LogP contribution in [-0.2, 0) is 33.3 Å². The molecular weight excluding hydrogens is 971 g/mol. The molecule has 0 amide bonds. The number of nitrogens with zero attached hydrogens (tertiary/aromatic N) is 1. The third-order valence-electron chi connectivity index (χ3n) is 13.6. The third kappa shape index (κ3) is 59.9. The van der Waals surface area contributed by atoms with Gasteiger partial charge in [-0.05, 0) is 77.0 Å². The zero-order chi connectivity index (χ0) is 56.9. The number of carbonyl (C=O) groups excluding carboxylic acids is 3. The van der Waals surface area contributed by atoms with Gasteiger partial charge in [-0.25, -0.2) is 0 Å². The van der Waals surface area contributed by atoms with E-state index in [2.05, 4.69) is 111 Å². The van der Waals surface area contributed by atoms with Gasteiger partial charge in [-0.3, -0.25) is 9.59 Å². The molecule has 0 bridgehead atoms. The van der Waals surface area contributed by atoms with Crippen molar-refractivity contribution in [1.82, 2.24) is 0 Å². The largest absolute Gasteiger partial charge is 0.545 e. The number of carbonyl (C=O) groups is 3. The maximum atomic E-state index is 12.9. The van der Waals surface area contributed by atoms with Gasteiger partial charge in [0.25, 0.3) is 0 Å². The molecule has 0 spiro atoms. The lowest BCUT2D eigenvalue weighted by molar-refractivity contribution is -0.870. The fourth-order valence-electron chi connectivity index (χ4n) is 8.73. The average molecular weight is 1090 g/mol. The second-order valence-electron chi connectivity index (χ2n) is 22.3. The lowest BCUT2D eigenvalue weighted by Crippen LogP contribution is -2.44. The standard InChI is InChI=1S/C69H119NO8/c1-6-8-10-12-14-16-18-20-22-24-26-28-30-32-34-36-38-40-42-44-46-48-50-52-54-56-58-60-67(72)78-65(64-77-69(68(73)74)75-62-61-70(3,4)5)63-76-66(71)59-57-55-53-51-49-47-45-43-41-39-37-35-33-31-29-27-25-23-21-19-17-15-13-11-9-7-2/h8,10,14,16,20,22,26,28,32,34,38,40,44,46,50,52,65,69H,6-7,9,11-13,15,17-19,21,23-25,27,29-31,33,35-37,39,41-43,45,47-49,51,53-64H2,1-5H3/b10-8-,16-14-,22-20-,28-26-,34-32-,40-38-,46-44-,52-50-. The van der Waals surface area contributed by atoms with E-state index in [1.165, 1.54) is 148 Å². The molecule has 0 aliphatic rings. The maximum Gasteiger partial charge on any atom is 0.306 e. The van der Waals surface area contributed by atoms with E-state index < -0.39 is 24.3 Å². The molecule has 0 aromatic rings. The van der Waals surface area contributed by atoms with E-state index in [1.54, 1.807) is 0 Å². The summed E-state index contributed by atoms with van der Waals surface area (Å²) in [7, 11) is 5.91. The molecule has 0 aliphatic heterocycles. The Kier molecular flexibility index (Phi) is 56.5. The number of unbranched alkanes of at least 4 members (excludes halogenated alkanes) is 27. The number of rotatable bonds is 58. The summed E-state index contributed by atoms with van der Waals surface area (Å²) < 4.78 is 22.7. The van der Waals surface area contributed by atoms with Gasteiger partial charge in [0.2, 0.25) is 0 Å². The number of likely N-dealkylation sites (N-methyl/N-ethyl adjacent to an activating group) is 1. The molecule has 0 aromatic carbocycles. The summed E-state index contributed by atoms with van der Waals surface area (Å²) in [5.74, 6) is -2.34. The van der Waals surface area contributed by atoms with E-state index in [9.17, 15) is 19.5 Å². The van der Waals surface area contributed by atoms with Crippen molar-refractivity contribution in [3.05, 3.63) is 97.2 Å². The number of quaternary nitrogens is 1. The Hall–Kier alpha value is -3.79. The molecule has 0 N–H and O–H groups in total. The second kappa shape index (κ2) is 59.3. The molecule has 0 heterocycles. The van der Waals surface area contributed by atoms with Crippen molar-refractivity contribution in [1.29, 1.82) is 0 Å². The molecule has 0 saturated heterocycles. The Labute approximate surface area is 480 Å². The minimum atomic E-state index is -1.64. The SMILES string of the molecule is CC/C=C\C/C=C\C/C=C\C/C=C\C/C=C\C/C=C\C/C=C\C/C=C\CCCCC(=O)OC(COC(=O)CCCCCCCCCCCCCCCCCCCCCCCCCCCC)COC(OCC[N+](C)(C)C)C(=O)[O-]. The molecule has 0 rings (SSSR count). The molecule has 9 nitrogen and oxygen atoms in total. The molecule has 2 atom stereocenters. The number of aliphatic carboxylic acids is 1. The Balaban J connectivity index is 4.28. The molecule has 0 fully saturated rings. The van der Waals surface area contributed by atoms with Gasteiger partial charge in [0.05, 0.1) is 40.3 Å². The predicted octanol–water partition coefficient (Wildman–Crippen LogP) is 18.0. The van der Waals surface area contributed by atoms with Crippen LogP contribution in [0.25, 0.3) is 0 Å². The third-order valence-corrected chi connectivity index (χ3v) is 13.6. The van der Waals surface area contributed by atoms with E-state index in [1.807, 2.05) is 21.1 Å². The zero-order valence-electron chi connectivity index (χ0n) is 51.0. The van der Waals surface area contributed by atoms with Crippen molar-refractivity contribution in [3.63, 3.8) is 0 Å². The smallest absolute Gasteiger partial charge is 0.306 e. The molecule has 0 aliphatic carbocycles. The summed E-state index contributed by atoms with van der Waals surface area (Å²) in [5.41, 5.74) is 0. The highest BCUT2D eigenvalue weighted by Gasteiger charge is 2.22. The van der Waals surface area contributed by atoms with E-state index in [0.29, 0.717) is 17.4 Å². The van der Waals surface area contributed by atoms with Crippen LogP contribution in [0.1, 0.15) is 264 Å². The van der Waals surface area contributed by atoms with Crippen LogP contribution in [0.15, 0.2) is 97.2 Å². The fourth-order valence-corrected chi connectivity index (χ4v) is 8.73. The Bertz CT molecular complexity index is 1600. The molecule has 9 heteroatoms. The van der Waals surface area contributed by atoms with Crippen LogP contribution < -0.4 is 5.11 Å². The number of carboxylic acids is 1. The number of allylic oxidation sites excluding steroid dienone is 16. The topological polar surface area (TPSA) is 111 Å². The van der Waals surface area contributed by atoms with Crippen molar-refractivity contribution < 1.29 is 42.9 Å². The van der Waals surface area contributed by atoms with Crippen molar-refractivity contribution >= 4 is 17.9 Å². The van der Waals surface area contributed by atoms with E-state index in [4.69, 9.17) is 18.9 Å². The Morgan fingerprint density at radius 1 is 0.397 bits per heavy atom. The van der Waals surface area contributed by atoms with Crippen molar-refractivity contribution in [2.24, 2.45) is 0 Å². The minimum absolute atomic E-state index is 0.135. The fraction of sp³-hybridized carbons (Fsp3) is 0.725. The molecule has 448 valence electrons. The molecule has 0 radical (unpaired) electrons. The monoisotopic (exact) mass is 1090 g/mol. The number of esters is 2. The molecule has 0 saturated carbocycles. The van der Waals surface area contributed by atoms with Gasteiger partial charge in [-0.2, -0.15) is 0 Å². The minimum Gasteiger partial charge on any atom is -0.545 e. The van der Waals surface area contributed by atoms with Crippen molar-refractivity contribution in [2.45, 2.75) is 277 Å². The van der Waals surface area contributed by atoms with Gasteiger partial charge in [-0.15, -0.1) is 0 Å². The summed E-state index contributed by atoms with van der Waals surface area (Å²) >= 11 is 0. The first-order valence-corrected chi connectivity index (χ1v) is 31.9. The first-order chi connectivity index (χ1) is 38.1. The van der Waals surface area contributed by atoms with Gasteiger partial charge in [0.1, 0.15) is 13.2 Å². The van der Waals surface area contributed by atoms with Gasteiger partial charge < -0.3 is 33.3 Å². The first-order valence-electron chi connectivity index (χ1n) is 31.9. The predicted molar refractivity (Wildman–Crippen MR) is 329 cm³/mol. The summed E-state index contributed by atoms with van der Waals surface area (Å²) in [6, 6.07) is 0. The summed E-state index contributed by atoms with van der Waals surface area (Å²) in [6.07, 6.45) is 77.6. The second-order valence-corrected chi connectivity index (χ2v) is 22.3. The highest BCUT2D eigenvalue weighted by molar-refractivity contribution is 5.70. The van der Waals surface area contributed by atoms with Crippen molar-refractivity contribution in [3.8, 4) is 0 Å². The van der Waals surface area contributed by atoms with E-state index >= 15 is 0 Å². The van der Waals surface area contributed by atoms with Gasteiger partial charge in [-0.1, -0.05) is 272 Å². The van der Waals surface area contributed by atoms with Gasteiger partial charge >= 0.3 is 11.9 Å². The van der Waals surface area contributed by atoms with Crippen LogP contribution in [0, 0.1) is 0 Å². The van der Waals surface area contributed by atoms with E-state index in [-0.39, 0.29) is 38.6 Å². The lowest BCUT2D eigenvalue weighted by Gasteiger charge is -2.26. The molecular formula is C69H119NO8. The van der Waals surface area contributed by atoms with E-state index in [0.717, 1.165) is 83.5 Å². The highest BCUT2D eigenvalue weighted by atomic mass is 16.7. The number of hydrogen-bond donors (Lipinski definition) is 0. The quantitative estimate of drug-likeness (QED) is 0.0195. The summed E-state index contributed by atoms with van der Waals surface area (Å²) in [6.45, 7) is 4.60. The highest BCUT2D eigenvalue weighted by Crippen LogP contribution is 2.17. The van der Waals surface area contributed by atoms with Crippen LogP contribution in [0.2, 0.25) is 0 Å². The van der Waals surface area contributed by atoms with Crippen LogP contribution in [0.5, 0.6) is 0 Å². The Morgan fingerprint density at radius 2 is 0.731 bits per heavy atom. The lowest BCUT2D eigenvalue weighted by atomic mass is 10.0. The normalized spacial score (nSPS) is 13.4. The summed E-state index contributed by atoms with van der Waals surface area (Å²) in [4.78, 5) is 37.4. The molecule has 0 aromatic heterocycles. The van der Waals surface area contributed by atoms with Gasteiger partial charge in [0, 0.05) is 12.8 Å². The van der Waals surface area contributed by atoms with Crippen molar-refractivity contribution in [2.75, 3.05) is 47.5 Å². The van der Waals surface area contributed by atoms with Crippen LogP contribution in [0.3, 0.4) is 0 Å². The maximum absolute atomic E-state index is 12.9. The number of ether oxygens (including phenoxy) is 4. The molecule has 78 heavy (non-hydrogen) atoms. The van der Waals surface area contributed by atoms with Crippen LogP contribution >= 0.6 is 0 Å². The molecule has 2 unspecified atom stereocenters. The summed E-state index contributed by atoms with van der Waals surface area (Å²) in [5, 5.41) is 11.8. The zero-order valence-corrected chi connectivity index (χ0v) is 51.0. The average Bonchev–Trinajstić information content (AvgIpc) is 3.41. The van der Waals surface area contributed by atoms with Crippen LogP contribution in [0.4, 0.5) is 0 Å². The number of carboxylic acid groups (broad SMARTS) is 1.